The lowest BCUT2D eigenvalue weighted by molar-refractivity contribution is -0.485. The fraction of sp³-hybridized carbons (Fsp3) is 0.711. The third kappa shape index (κ3) is 4.37. The Hall–Kier alpha value is -4.35. The van der Waals surface area contributed by atoms with E-state index in [9.17, 15) is 28.8 Å². The SMILES string of the molecule is COC(=O)C[C@H]1[C@@]23OC4(C)OC56C[C@@](C)([C@H](OC(C)=O)[C@]5(OC(C)=O)[C@H]2OC(C)=O)[C@H](CC(=O)OC)[C@@]6(C)[C@@]3(O4)[C@H](OC(C)=O)C[C@@]1(C)C(=O)c1ccoc1. The van der Waals surface area contributed by atoms with E-state index in [1.807, 2.05) is 0 Å². The highest BCUT2D eigenvalue weighted by Crippen LogP contribution is 2.90. The minimum atomic E-state index is -2.36. The van der Waals surface area contributed by atoms with Gasteiger partial charge in [0.05, 0.1) is 32.5 Å². The van der Waals surface area contributed by atoms with Crippen LogP contribution < -0.4 is 0 Å². The Bertz CT molecular complexity index is 1890. The van der Waals surface area contributed by atoms with Crippen molar-refractivity contribution in [3.63, 3.8) is 0 Å². The van der Waals surface area contributed by atoms with Gasteiger partial charge in [-0.15, -0.1) is 0 Å². The maximum atomic E-state index is 15.0. The lowest BCUT2D eigenvalue weighted by Crippen LogP contribution is -2.96. The van der Waals surface area contributed by atoms with E-state index in [1.165, 1.54) is 39.5 Å². The van der Waals surface area contributed by atoms with Crippen LogP contribution in [0, 0.1) is 28.1 Å². The summed E-state index contributed by atoms with van der Waals surface area (Å²) >= 11 is 0. The van der Waals surface area contributed by atoms with Gasteiger partial charge in [0.2, 0.25) is 5.60 Å². The molecule has 17 heteroatoms. The highest BCUT2D eigenvalue weighted by atomic mass is 16.9. The second-order valence-electron chi connectivity index (χ2n) is 16.5. The summed E-state index contributed by atoms with van der Waals surface area (Å²) in [6, 6.07) is 1.43. The van der Waals surface area contributed by atoms with E-state index in [0.29, 0.717) is 0 Å². The van der Waals surface area contributed by atoms with Gasteiger partial charge < -0.3 is 47.0 Å². The first-order valence-electron chi connectivity index (χ1n) is 18.1. The third-order valence-corrected chi connectivity index (χ3v) is 13.8. The van der Waals surface area contributed by atoms with E-state index in [4.69, 9.17) is 47.0 Å². The van der Waals surface area contributed by atoms with E-state index in [0.717, 1.165) is 27.9 Å². The number of carbonyl (C=O) groups excluding carboxylic acids is 7. The number of rotatable bonds is 10. The van der Waals surface area contributed by atoms with Crippen molar-refractivity contribution in [2.45, 2.75) is 128 Å². The van der Waals surface area contributed by atoms with Gasteiger partial charge in [-0.2, -0.15) is 0 Å². The fourth-order valence-electron chi connectivity index (χ4n) is 12.7. The summed E-state index contributed by atoms with van der Waals surface area (Å²) in [5.41, 5.74) is -13.4. The van der Waals surface area contributed by atoms with Crippen LogP contribution in [0.1, 0.15) is 91.4 Å². The Balaban J connectivity index is 1.71. The lowest BCUT2D eigenvalue weighted by Gasteiger charge is -2.77. The summed E-state index contributed by atoms with van der Waals surface area (Å²) in [5.74, 6) is -10.1. The van der Waals surface area contributed by atoms with Gasteiger partial charge in [0.15, 0.2) is 29.2 Å². The zero-order chi connectivity index (χ0) is 40.5. The molecule has 7 rings (SSSR count). The number of ketones is 1. The predicted octanol–water partition coefficient (Wildman–Crippen LogP) is 2.74. The highest BCUT2D eigenvalue weighted by Gasteiger charge is 3.06. The summed E-state index contributed by atoms with van der Waals surface area (Å²) in [6.45, 7) is 11.0. The molecule has 4 bridgehead atoms. The molecule has 300 valence electrons. The van der Waals surface area contributed by atoms with Crippen LogP contribution in [0.5, 0.6) is 0 Å². The Morgan fingerprint density at radius 3 is 1.85 bits per heavy atom. The number of furan rings is 1. The molecule has 6 fully saturated rings. The lowest BCUT2D eigenvalue weighted by atomic mass is 9.33. The number of methoxy groups -OCH3 is 2. The van der Waals surface area contributed by atoms with Crippen molar-refractivity contribution in [1.29, 1.82) is 0 Å². The molecule has 13 atom stereocenters. The number of ether oxygens (including phenoxy) is 9. The van der Waals surface area contributed by atoms with Crippen molar-refractivity contribution < 1.29 is 80.6 Å². The van der Waals surface area contributed by atoms with Gasteiger partial charge in [0.25, 0.3) is 5.97 Å². The van der Waals surface area contributed by atoms with Crippen molar-refractivity contribution in [2.24, 2.45) is 28.1 Å². The number of fused-ring (bicyclic) bond motifs is 2. The quantitative estimate of drug-likeness (QED) is 0.190. The molecule has 2 saturated heterocycles. The highest BCUT2D eigenvalue weighted by molar-refractivity contribution is 6.01. The Kier molecular flexibility index (Phi) is 8.37. The van der Waals surface area contributed by atoms with Gasteiger partial charge in [0.1, 0.15) is 18.0 Å². The van der Waals surface area contributed by atoms with E-state index < -0.39 is 123 Å². The van der Waals surface area contributed by atoms with Gasteiger partial charge in [0, 0.05) is 69.6 Å². The molecule has 4 saturated carbocycles. The van der Waals surface area contributed by atoms with Crippen LogP contribution in [0.3, 0.4) is 0 Å². The van der Waals surface area contributed by atoms with Gasteiger partial charge >= 0.3 is 35.8 Å². The van der Waals surface area contributed by atoms with Gasteiger partial charge in [-0.25, -0.2) is 0 Å². The molecule has 0 N–H and O–H groups in total. The molecule has 1 aromatic rings. The van der Waals surface area contributed by atoms with Gasteiger partial charge in [-0.1, -0.05) is 20.8 Å². The van der Waals surface area contributed by atoms with Crippen LogP contribution in [-0.4, -0.2) is 103 Å². The summed E-state index contributed by atoms with van der Waals surface area (Å²) in [4.78, 5) is 96.1. The molecule has 3 heterocycles. The summed E-state index contributed by atoms with van der Waals surface area (Å²) < 4.78 is 62.3. The molecule has 0 radical (unpaired) electrons. The average molecular weight is 775 g/mol. The molecule has 55 heavy (non-hydrogen) atoms. The first kappa shape index (κ1) is 38.9. The minimum absolute atomic E-state index is 0.0872. The molecule has 4 aliphatic carbocycles. The minimum Gasteiger partial charge on any atom is -0.472 e. The molecule has 17 nitrogen and oxygen atoms in total. The fourth-order valence-corrected chi connectivity index (χ4v) is 12.7. The van der Waals surface area contributed by atoms with Crippen LogP contribution in [0.4, 0.5) is 0 Å². The predicted molar refractivity (Wildman–Crippen MR) is 178 cm³/mol. The van der Waals surface area contributed by atoms with Crippen LogP contribution in [-0.2, 0) is 71.4 Å². The summed E-state index contributed by atoms with van der Waals surface area (Å²) in [7, 11) is 2.36. The van der Waals surface area contributed by atoms with Crippen molar-refractivity contribution in [2.75, 3.05) is 14.2 Å². The summed E-state index contributed by atoms with van der Waals surface area (Å²) in [6.07, 6.45) is -3.72. The molecule has 0 amide bonds. The largest absolute Gasteiger partial charge is 0.472 e. The molecular weight excluding hydrogens is 728 g/mol. The zero-order valence-corrected chi connectivity index (χ0v) is 32.4. The van der Waals surface area contributed by atoms with Gasteiger partial charge in [-0.05, 0) is 18.4 Å². The maximum absolute atomic E-state index is 15.0. The second-order valence-corrected chi connectivity index (χ2v) is 16.5. The molecule has 2 unspecified atom stereocenters. The molecule has 6 aliphatic rings. The average Bonchev–Trinajstić information content (AvgIpc) is 3.79. The number of hydrogen-bond acceptors (Lipinski definition) is 17. The van der Waals surface area contributed by atoms with E-state index >= 15 is 4.79 Å². The monoisotopic (exact) mass is 774 g/mol. The van der Waals surface area contributed by atoms with Gasteiger partial charge in [-0.3, -0.25) is 33.6 Å². The maximum Gasteiger partial charge on any atom is 0.305 e. The Morgan fingerprint density at radius 2 is 1.33 bits per heavy atom. The van der Waals surface area contributed by atoms with Crippen molar-refractivity contribution in [3.8, 4) is 0 Å². The Labute approximate surface area is 316 Å². The standard InChI is InChI=1S/C38H46O17/c1-18(39)49-25-15-31(5,28(45)22-11-12-48-16-22)24(14-27(44)47-10)36-30(51-20(3)41)37(52-21(4)42)29(50-19(2)40)32(6)17-35(37)33(7,23(32)13-26(43)46-9)38(25,36)55-34(8,53-35)54-36/h11-12,16,23-25,29-30H,13-15,17H2,1-10H3/t23-,24+,25+,29-,30-,31+,32+,33+,34?,35?,36+,37-,38-/m0/s1. The normalized spacial score (nSPS) is 45.2. The van der Waals surface area contributed by atoms with Crippen molar-refractivity contribution in [1.82, 2.24) is 0 Å². The third-order valence-electron chi connectivity index (χ3n) is 13.8. The van der Waals surface area contributed by atoms with E-state index in [-0.39, 0.29) is 24.8 Å². The van der Waals surface area contributed by atoms with Crippen molar-refractivity contribution >= 4 is 41.6 Å². The zero-order valence-electron chi connectivity index (χ0n) is 32.4. The molecule has 2 spiro atoms. The topological polar surface area (TPSA) is 216 Å². The molecule has 0 aromatic carbocycles. The second kappa shape index (κ2) is 11.8. The van der Waals surface area contributed by atoms with Crippen LogP contribution in [0.25, 0.3) is 0 Å². The van der Waals surface area contributed by atoms with E-state index in [1.54, 1.807) is 20.8 Å². The number of hydrogen-bond donors (Lipinski definition) is 0. The molecule has 2 aliphatic heterocycles. The number of Topliss-reactive ketones (excluding diaryl/α,β-unsaturated/α-hetero) is 1. The van der Waals surface area contributed by atoms with E-state index in [2.05, 4.69) is 0 Å². The first-order valence-corrected chi connectivity index (χ1v) is 18.1. The van der Waals surface area contributed by atoms with Crippen molar-refractivity contribution in [3.05, 3.63) is 24.2 Å². The van der Waals surface area contributed by atoms with Crippen LogP contribution in [0.15, 0.2) is 23.0 Å². The van der Waals surface area contributed by atoms with Crippen LogP contribution >= 0.6 is 0 Å². The first-order chi connectivity index (χ1) is 25.6. The molecular formula is C38H46O17. The molecule has 1 aromatic heterocycles. The number of carbonyl (C=O) groups is 7. The number of esters is 6. The Morgan fingerprint density at radius 1 is 0.745 bits per heavy atom. The van der Waals surface area contributed by atoms with Crippen LogP contribution in [0.2, 0.25) is 0 Å². The summed E-state index contributed by atoms with van der Waals surface area (Å²) in [5, 5.41) is 0. The smallest absolute Gasteiger partial charge is 0.305 e.